The molecule has 2 amide bonds. The largest absolute Gasteiger partial charge is 0.460 e. The molecule has 0 spiro atoms. The van der Waals surface area contributed by atoms with Crippen LogP contribution in [0.2, 0.25) is 0 Å². The molecule has 0 bridgehead atoms. The Kier molecular flexibility index (Phi) is 9.70. The van der Waals surface area contributed by atoms with E-state index < -0.39 is 11.5 Å². The highest BCUT2D eigenvalue weighted by Gasteiger charge is 2.29. The minimum atomic E-state index is -0.598. The first-order valence-electron chi connectivity index (χ1n) is 13.4. The minimum Gasteiger partial charge on any atom is -0.460 e. The number of nitrogens with zero attached hydrogens (tertiary/aromatic N) is 2. The first kappa shape index (κ1) is 28.6. The van der Waals surface area contributed by atoms with Crippen molar-refractivity contribution in [2.75, 3.05) is 26.3 Å². The van der Waals surface area contributed by atoms with Gasteiger partial charge in [0.2, 0.25) is 5.91 Å². The Morgan fingerprint density at radius 3 is 2.51 bits per heavy atom. The highest BCUT2D eigenvalue weighted by molar-refractivity contribution is 5.97. The van der Waals surface area contributed by atoms with E-state index in [0.29, 0.717) is 44.1 Å². The smallest absolute Gasteiger partial charge is 0.307 e. The van der Waals surface area contributed by atoms with Crippen molar-refractivity contribution < 1.29 is 23.9 Å². The number of ether oxygens (including phenoxy) is 2. The summed E-state index contributed by atoms with van der Waals surface area (Å²) in [7, 11) is 0. The number of unbranched alkanes of at least 4 members (excludes halogenated alkanes) is 1. The number of benzene rings is 1. The summed E-state index contributed by atoms with van der Waals surface area (Å²) in [5.41, 5.74) is 1.46. The van der Waals surface area contributed by atoms with Crippen molar-refractivity contribution in [3.8, 4) is 0 Å². The number of carbonyl (C=O) groups excluding carboxylic acids is 3. The fourth-order valence-corrected chi connectivity index (χ4v) is 4.44. The number of morpholine rings is 1. The summed E-state index contributed by atoms with van der Waals surface area (Å²) >= 11 is 0. The second-order valence-corrected chi connectivity index (χ2v) is 11.1. The number of aromatic nitrogens is 2. The van der Waals surface area contributed by atoms with E-state index in [1.807, 2.05) is 46.8 Å². The molecule has 0 unspecified atom stereocenters. The van der Waals surface area contributed by atoms with E-state index in [9.17, 15) is 14.4 Å². The first-order chi connectivity index (χ1) is 17.5. The second-order valence-electron chi connectivity index (χ2n) is 11.1. The van der Waals surface area contributed by atoms with Crippen molar-refractivity contribution >= 4 is 28.8 Å². The van der Waals surface area contributed by atoms with Crippen molar-refractivity contribution in [3.63, 3.8) is 0 Å². The zero-order chi connectivity index (χ0) is 27.2. The maximum atomic E-state index is 13.4. The number of esters is 1. The van der Waals surface area contributed by atoms with E-state index >= 15 is 0 Å². The molecule has 1 aliphatic heterocycles. The van der Waals surface area contributed by atoms with E-state index in [-0.39, 0.29) is 36.2 Å². The van der Waals surface area contributed by atoms with Gasteiger partial charge in [-0.1, -0.05) is 33.6 Å². The van der Waals surface area contributed by atoms with Crippen LogP contribution in [-0.4, -0.2) is 64.6 Å². The lowest BCUT2D eigenvalue weighted by molar-refractivity contribution is -0.157. The number of carbonyl (C=O) groups is 3. The van der Waals surface area contributed by atoms with E-state index in [2.05, 4.69) is 17.2 Å². The number of H-pyrrole nitrogens is 1. The molecule has 2 atom stereocenters. The highest BCUT2D eigenvalue weighted by Crippen LogP contribution is 2.25. The van der Waals surface area contributed by atoms with Crippen LogP contribution >= 0.6 is 0 Å². The van der Waals surface area contributed by atoms with Crippen molar-refractivity contribution in [1.29, 1.82) is 0 Å². The Morgan fingerprint density at radius 2 is 1.89 bits per heavy atom. The predicted octanol–water partition coefficient (Wildman–Crippen LogP) is 4.39. The van der Waals surface area contributed by atoms with Crippen LogP contribution in [0.1, 0.15) is 89.4 Å². The Bertz CT molecular complexity index is 1080. The SMILES string of the molecule is CCCC[C@H](CC(=O)OC(C)(C)C)C(=O)N[C@H](c1nc2ccc(C(=O)N3CCOCC3)cc2[nH]1)C(C)C. The van der Waals surface area contributed by atoms with E-state index in [0.717, 1.165) is 23.9 Å². The van der Waals surface area contributed by atoms with Gasteiger partial charge in [-0.05, 0) is 51.3 Å². The van der Waals surface area contributed by atoms with Crippen LogP contribution in [0.5, 0.6) is 0 Å². The molecule has 1 aromatic carbocycles. The topological polar surface area (TPSA) is 114 Å². The van der Waals surface area contributed by atoms with Gasteiger partial charge >= 0.3 is 5.97 Å². The summed E-state index contributed by atoms with van der Waals surface area (Å²) in [5, 5.41) is 3.13. The van der Waals surface area contributed by atoms with Crippen LogP contribution < -0.4 is 5.32 Å². The van der Waals surface area contributed by atoms with Crippen molar-refractivity contribution in [2.24, 2.45) is 11.8 Å². The number of aromatic amines is 1. The van der Waals surface area contributed by atoms with Gasteiger partial charge in [-0.15, -0.1) is 0 Å². The third kappa shape index (κ3) is 8.02. The van der Waals surface area contributed by atoms with Gasteiger partial charge in [0.1, 0.15) is 11.4 Å². The van der Waals surface area contributed by atoms with Gasteiger partial charge in [0.25, 0.3) is 5.91 Å². The molecule has 1 fully saturated rings. The normalized spacial score (nSPS) is 16.0. The van der Waals surface area contributed by atoms with Gasteiger partial charge in [-0.25, -0.2) is 4.98 Å². The van der Waals surface area contributed by atoms with Crippen molar-refractivity contribution in [2.45, 2.75) is 78.9 Å². The van der Waals surface area contributed by atoms with Gasteiger partial charge in [0.15, 0.2) is 0 Å². The zero-order valence-corrected chi connectivity index (χ0v) is 23.1. The monoisotopic (exact) mass is 514 g/mol. The summed E-state index contributed by atoms with van der Waals surface area (Å²) in [6, 6.07) is 5.06. The molecule has 9 nitrogen and oxygen atoms in total. The molecule has 1 aromatic heterocycles. The Hall–Kier alpha value is -2.94. The molecule has 1 saturated heterocycles. The third-order valence-electron chi connectivity index (χ3n) is 6.41. The molecule has 3 rings (SSSR count). The van der Waals surface area contributed by atoms with Crippen molar-refractivity contribution in [3.05, 3.63) is 29.6 Å². The summed E-state index contributed by atoms with van der Waals surface area (Å²) in [4.78, 5) is 48.6. The highest BCUT2D eigenvalue weighted by atomic mass is 16.6. The third-order valence-corrected chi connectivity index (χ3v) is 6.41. The molecule has 0 aliphatic carbocycles. The summed E-state index contributed by atoms with van der Waals surface area (Å²) in [6.45, 7) is 13.8. The van der Waals surface area contributed by atoms with Gasteiger partial charge in [-0.2, -0.15) is 0 Å². The summed E-state index contributed by atoms with van der Waals surface area (Å²) in [6.07, 6.45) is 2.43. The Morgan fingerprint density at radius 1 is 1.19 bits per heavy atom. The number of fused-ring (bicyclic) bond motifs is 1. The molecule has 0 radical (unpaired) electrons. The number of hydrogen-bond acceptors (Lipinski definition) is 6. The molecule has 2 N–H and O–H groups in total. The maximum absolute atomic E-state index is 13.4. The average molecular weight is 515 g/mol. The molecular formula is C28H42N4O5. The number of imidazole rings is 1. The lowest BCUT2D eigenvalue weighted by Crippen LogP contribution is -2.40. The maximum Gasteiger partial charge on any atom is 0.307 e. The quantitative estimate of drug-likeness (QED) is 0.455. The molecule has 1 aliphatic rings. The second kappa shape index (κ2) is 12.5. The Balaban J connectivity index is 1.77. The van der Waals surface area contributed by atoms with Crippen LogP contribution in [0.15, 0.2) is 18.2 Å². The van der Waals surface area contributed by atoms with E-state index in [4.69, 9.17) is 14.5 Å². The first-order valence-corrected chi connectivity index (χ1v) is 13.4. The molecule has 2 heterocycles. The van der Waals surface area contributed by atoms with Crippen LogP contribution in [0.25, 0.3) is 11.0 Å². The molecule has 204 valence electrons. The molecular weight excluding hydrogens is 472 g/mol. The fraction of sp³-hybridized carbons (Fsp3) is 0.643. The fourth-order valence-electron chi connectivity index (χ4n) is 4.44. The average Bonchev–Trinajstić information content (AvgIpc) is 3.26. The molecule has 0 saturated carbocycles. The molecule has 9 heteroatoms. The number of amides is 2. The lowest BCUT2D eigenvalue weighted by atomic mass is 9.95. The van der Waals surface area contributed by atoms with Crippen LogP contribution in [0.4, 0.5) is 0 Å². The van der Waals surface area contributed by atoms with E-state index in [1.165, 1.54) is 0 Å². The van der Waals surface area contributed by atoms with Gasteiger partial charge < -0.3 is 24.7 Å². The predicted molar refractivity (Wildman–Crippen MR) is 142 cm³/mol. The molecule has 37 heavy (non-hydrogen) atoms. The van der Waals surface area contributed by atoms with Crippen LogP contribution in [-0.2, 0) is 19.1 Å². The van der Waals surface area contributed by atoms with E-state index in [1.54, 1.807) is 11.0 Å². The van der Waals surface area contributed by atoms with Crippen LogP contribution in [0, 0.1) is 11.8 Å². The number of hydrogen-bond donors (Lipinski definition) is 2. The zero-order valence-electron chi connectivity index (χ0n) is 23.1. The number of rotatable bonds is 10. The summed E-state index contributed by atoms with van der Waals surface area (Å²) in [5.74, 6) is -0.380. The Labute approximate surface area is 219 Å². The molecule has 2 aromatic rings. The standard InChI is InChI=1S/C28H42N4O5/c1-7-8-9-19(17-23(33)37-28(4,5)6)26(34)31-24(18(2)3)25-29-21-11-10-20(16-22(21)30-25)27(35)32-12-14-36-15-13-32/h10-11,16,18-19,24H,7-9,12-15,17H2,1-6H3,(H,29,30)(H,31,34)/t19-,24+/m1/s1. The minimum absolute atomic E-state index is 0.0315. The van der Waals surface area contributed by atoms with Gasteiger partial charge in [-0.3, -0.25) is 14.4 Å². The van der Waals surface area contributed by atoms with Crippen LogP contribution in [0.3, 0.4) is 0 Å². The van der Waals surface area contributed by atoms with Gasteiger partial charge in [0, 0.05) is 24.6 Å². The lowest BCUT2D eigenvalue weighted by Gasteiger charge is -2.26. The number of nitrogens with one attached hydrogen (secondary N) is 2. The van der Waals surface area contributed by atoms with Crippen molar-refractivity contribution in [1.82, 2.24) is 20.2 Å². The summed E-state index contributed by atoms with van der Waals surface area (Å²) < 4.78 is 10.8. The van der Waals surface area contributed by atoms with Gasteiger partial charge in [0.05, 0.1) is 36.7 Å².